The van der Waals surface area contributed by atoms with Crippen molar-refractivity contribution >= 4 is 0 Å². The van der Waals surface area contributed by atoms with Gasteiger partial charge in [0.15, 0.2) is 0 Å². The number of aromatic nitrogens is 2. The molecule has 1 aromatic heterocycles. The molecule has 0 unspecified atom stereocenters. The van der Waals surface area contributed by atoms with Crippen LogP contribution in [0.1, 0.15) is 12.1 Å². The fraction of sp³-hybridized carbons (Fsp3) is 0.556. The standard InChI is InChI=1S/C9H14N4/c10-8-1-4-13(6-8)7-9-5-11-2-3-12-9/h2-3,5,8H,1,4,6-7,10H2/t8-/m1/s1. The molecule has 1 aliphatic heterocycles. The molecular formula is C9H14N4. The maximum absolute atomic E-state index is 5.80. The van der Waals surface area contributed by atoms with E-state index >= 15 is 0 Å². The highest BCUT2D eigenvalue weighted by atomic mass is 15.2. The summed E-state index contributed by atoms with van der Waals surface area (Å²) in [5, 5.41) is 0. The van der Waals surface area contributed by atoms with Crippen LogP contribution in [0.3, 0.4) is 0 Å². The first-order valence-corrected chi connectivity index (χ1v) is 4.57. The number of rotatable bonds is 2. The molecule has 2 heterocycles. The minimum atomic E-state index is 0.344. The number of hydrogen-bond acceptors (Lipinski definition) is 4. The summed E-state index contributed by atoms with van der Waals surface area (Å²) in [6.07, 6.45) is 6.33. The predicted molar refractivity (Wildman–Crippen MR) is 49.9 cm³/mol. The van der Waals surface area contributed by atoms with Crippen LogP contribution in [0, 0.1) is 0 Å². The molecule has 1 saturated heterocycles. The van der Waals surface area contributed by atoms with Gasteiger partial charge in [-0.3, -0.25) is 14.9 Å². The van der Waals surface area contributed by atoms with Crippen LogP contribution in [-0.4, -0.2) is 34.0 Å². The number of nitrogens with zero attached hydrogens (tertiary/aromatic N) is 3. The van der Waals surface area contributed by atoms with E-state index in [4.69, 9.17) is 5.73 Å². The van der Waals surface area contributed by atoms with Gasteiger partial charge in [-0.2, -0.15) is 0 Å². The fourth-order valence-corrected chi connectivity index (χ4v) is 1.65. The van der Waals surface area contributed by atoms with E-state index in [1.54, 1.807) is 12.4 Å². The molecule has 2 rings (SSSR count). The summed E-state index contributed by atoms with van der Waals surface area (Å²) in [5.74, 6) is 0. The highest BCUT2D eigenvalue weighted by Gasteiger charge is 2.18. The van der Waals surface area contributed by atoms with Crippen molar-refractivity contribution in [3.05, 3.63) is 24.3 Å². The summed E-state index contributed by atoms with van der Waals surface area (Å²) in [4.78, 5) is 10.6. The Labute approximate surface area is 77.8 Å². The summed E-state index contributed by atoms with van der Waals surface area (Å²) in [5.41, 5.74) is 6.83. The number of likely N-dealkylation sites (tertiary alicyclic amines) is 1. The largest absolute Gasteiger partial charge is 0.326 e. The van der Waals surface area contributed by atoms with Crippen molar-refractivity contribution in [1.82, 2.24) is 14.9 Å². The van der Waals surface area contributed by atoms with Crippen molar-refractivity contribution in [2.24, 2.45) is 5.73 Å². The molecule has 4 heteroatoms. The molecule has 4 nitrogen and oxygen atoms in total. The van der Waals surface area contributed by atoms with Gasteiger partial charge < -0.3 is 5.73 Å². The molecule has 1 atom stereocenters. The average molecular weight is 178 g/mol. The van der Waals surface area contributed by atoms with E-state index in [9.17, 15) is 0 Å². The van der Waals surface area contributed by atoms with Crippen molar-refractivity contribution in [3.8, 4) is 0 Å². The second-order valence-corrected chi connectivity index (χ2v) is 3.48. The Morgan fingerprint density at radius 1 is 1.54 bits per heavy atom. The molecular weight excluding hydrogens is 164 g/mol. The third kappa shape index (κ3) is 2.23. The summed E-state index contributed by atoms with van der Waals surface area (Å²) in [7, 11) is 0. The smallest absolute Gasteiger partial charge is 0.0726 e. The number of nitrogens with two attached hydrogens (primary N) is 1. The molecule has 0 amide bonds. The van der Waals surface area contributed by atoms with Gasteiger partial charge in [0.25, 0.3) is 0 Å². The first-order chi connectivity index (χ1) is 6.34. The van der Waals surface area contributed by atoms with Crippen molar-refractivity contribution < 1.29 is 0 Å². The van der Waals surface area contributed by atoms with Crippen molar-refractivity contribution in [2.45, 2.75) is 19.0 Å². The van der Waals surface area contributed by atoms with E-state index in [1.165, 1.54) is 0 Å². The Morgan fingerprint density at radius 2 is 2.46 bits per heavy atom. The van der Waals surface area contributed by atoms with E-state index in [0.717, 1.165) is 31.7 Å². The van der Waals surface area contributed by atoms with Gasteiger partial charge >= 0.3 is 0 Å². The minimum Gasteiger partial charge on any atom is -0.326 e. The van der Waals surface area contributed by atoms with E-state index in [1.807, 2.05) is 6.20 Å². The van der Waals surface area contributed by atoms with Gasteiger partial charge in [-0.25, -0.2) is 0 Å². The molecule has 1 aromatic rings. The van der Waals surface area contributed by atoms with Crippen molar-refractivity contribution in [3.63, 3.8) is 0 Å². The summed E-state index contributed by atoms with van der Waals surface area (Å²) < 4.78 is 0. The zero-order valence-corrected chi connectivity index (χ0v) is 7.56. The van der Waals surface area contributed by atoms with Gasteiger partial charge in [-0.05, 0) is 6.42 Å². The number of hydrogen-bond donors (Lipinski definition) is 1. The minimum absolute atomic E-state index is 0.344. The molecule has 2 N–H and O–H groups in total. The second-order valence-electron chi connectivity index (χ2n) is 3.48. The van der Waals surface area contributed by atoms with Crippen molar-refractivity contribution in [1.29, 1.82) is 0 Å². The monoisotopic (exact) mass is 178 g/mol. The maximum Gasteiger partial charge on any atom is 0.0726 e. The predicted octanol–water partition coefficient (Wildman–Crippen LogP) is 0.00960. The van der Waals surface area contributed by atoms with E-state index in [-0.39, 0.29) is 0 Å². The lowest BCUT2D eigenvalue weighted by Gasteiger charge is -2.13. The fourth-order valence-electron chi connectivity index (χ4n) is 1.65. The van der Waals surface area contributed by atoms with Gasteiger partial charge in [0.2, 0.25) is 0 Å². The third-order valence-corrected chi connectivity index (χ3v) is 2.31. The highest BCUT2D eigenvalue weighted by Crippen LogP contribution is 2.09. The van der Waals surface area contributed by atoms with Crippen LogP contribution in [0.2, 0.25) is 0 Å². The lowest BCUT2D eigenvalue weighted by atomic mass is 10.3. The summed E-state index contributed by atoms with van der Waals surface area (Å²) in [6.45, 7) is 2.94. The zero-order valence-electron chi connectivity index (χ0n) is 7.56. The van der Waals surface area contributed by atoms with Crippen LogP contribution in [0.15, 0.2) is 18.6 Å². The maximum atomic E-state index is 5.80. The molecule has 0 spiro atoms. The molecule has 0 radical (unpaired) electrons. The van der Waals surface area contributed by atoms with Crippen LogP contribution in [0.5, 0.6) is 0 Å². The van der Waals surface area contributed by atoms with E-state index < -0.39 is 0 Å². The Balaban J connectivity index is 1.92. The lowest BCUT2D eigenvalue weighted by molar-refractivity contribution is 0.322. The SMILES string of the molecule is N[C@@H]1CCN(Cc2cnccn2)C1. The molecule has 0 aromatic carbocycles. The first-order valence-electron chi connectivity index (χ1n) is 4.57. The van der Waals surface area contributed by atoms with E-state index in [2.05, 4.69) is 14.9 Å². The van der Waals surface area contributed by atoms with Gasteiger partial charge in [0, 0.05) is 44.3 Å². The van der Waals surface area contributed by atoms with Crippen LogP contribution in [0.4, 0.5) is 0 Å². The van der Waals surface area contributed by atoms with Gasteiger partial charge in [0.05, 0.1) is 5.69 Å². The molecule has 0 aliphatic carbocycles. The summed E-state index contributed by atoms with van der Waals surface area (Å²) >= 11 is 0. The van der Waals surface area contributed by atoms with Gasteiger partial charge in [-0.1, -0.05) is 0 Å². The third-order valence-electron chi connectivity index (χ3n) is 2.31. The van der Waals surface area contributed by atoms with Gasteiger partial charge in [0.1, 0.15) is 0 Å². The average Bonchev–Trinajstić information content (AvgIpc) is 2.53. The Kier molecular flexibility index (Phi) is 2.52. The van der Waals surface area contributed by atoms with Crippen LogP contribution in [0.25, 0.3) is 0 Å². The van der Waals surface area contributed by atoms with Crippen molar-refractivity contribution in [2.75, 3.05) is 13.1 Å². The van der Waals surface area contributed by atoms with Crippen LogP contribution >= 0.6 is 0 Å². The Morgan fingerprint density at radius 3 is 3.08 bits per heavy atom. The molecule has 0 saturated carbocycles. The van der Waals surface area contributed by atoms with E-state index in [0.29, 0.717) is 6.04 Å². The Hall–Kier alpha value is -1.00. The normalized spacial score (nSPS) is 23.6. The highest BCUT2D eigenvalue weighted by molar-refractivity contribution is 4.95. The molecule has 13 heavy (non-hydrogen) atoms. The van der Waals surface area contributed by atoms with Crippen LogP contribution in [-0.2, 0) is 6.54 Å². The zero-order chi connectivity index (χ0) is 9.10. The summed E-state index contributed by atoms with van der Waals surface area (Å²) in [6, 6.07) is 0.344. The quantitative estimate of drug-likeness (QED) is 0.693. The molecule has 1 aliphatic rings. The van der Waals surface area contributed by atoms with Gasteiger partial charge in [-0.15, -0.1) is 0 Å². The second kappa shape index (κ2) is 3.81. The lowest BCUT2D eigenvalue weighted by Crippen LogP contribution is -2.26. The van der Waals surface area contributed by atoms with Crippen LogP contribution < -0.4 is 5.73 Å². The topological polar surface area (TPSA) is 55.0 Å². The Bertz CT molecular complexity index is 262. The molecule has 70 valence electrons. The first kappa shape index (κ1) is 8.59. The molecule has 1 fully saturated rings. The molecule has 0 bridgehead atoms.